The summed E-state index contributed by atoms with van der Waals surface area (Å²) in [6.07, 6.45) is 10.4. The molecule has 21 heavy (non-hydrogen) atoms. The molecule has 0 radical (unpaired) electrons. The minimum atomic E-state index is -2.14. The molecule has 0 rings (SSSR count). The van der Waals surface area contributed by atoms with E-state index in [-0.39, 0.29) is 5.04 Å². The van der Waals surface area contributed by atoms with Gasteiger partial charge in [0.15, 0.2) is 0 Å². The molecule has 0 aliphatic rings. The van der Waals surface area contributed by atoms with Gasteiger partial charge in [0.05, 0.1) is 0 Å². The molecule has 0 amide bonds. The van der Waals surface area contributed by atoms with Crippen LogP contribution >= 0.6 is 0 Å². The molecule has 0 bridgehead atoms. The molecule has 3 heteroatoms. The number of unbranched alkanes of at least 4 members (excludes halogenated alkanes) is 4. The smallest absolute Gasteiger partial charge is 0.343 e. The summed E-state index contributed by atoms with van der Waals surface area (Å²) in [5.41, 5.74) is 0. The molecule has 0 saturated heterocycles. The van der Waals surface area contributed by atoms with E-state index in [1.54, 1.807) is 0 Å². The Morgan fingerprint density at radius 1 is 0.857 bits per heavy atom. The van der Waals surface area contributed by atoms with Crippen LogP contribution in [0.2, 0.25) is 11.1 Å². The van der Waals surface area contributed by atoms with Crippen molar-refractivity contribution in [3.63, 3.8) is 0 Å². The highest BCUT2D eigenvalue weighted by atomic mass is 28.4. The Labute approximate surface area is 135 Å². The molecule has 0 spiro atoms. The van der Waals surface area contributed by atoms with Gasteiger partial charge in [-0.05, 0) is 18.4 Å². The Bertz CT molecular complexity index is 246. The van der Waals surface area contributed by atoms with Crippen molar-refractivity contribution in [3.8, 4) is 0 Å². The van der Waals surface area contributed by atoms with E-state index in [1.807, 2.05) is 14.2 Å². The first-order chi connectivity index (χ1) is 9.92. The molecule has 0 aliphatic carbocycles. The minimum Gasteiger partial charge on any atom is -0.397 e. The van der Waals surface area contributed by atoms with E-state index in [1.165, 1.54) is 51.4 Å². The Morgan fingerprint density at radius 3 is 1.81 bits per heavy atom. The zero-order valence-electron chi connectivity index (χ0n) is 15.8. The number of hydrogen-bond acceptors (Lipinski definition) is 2. The molecular weight excluding hydrogens is 276 g/mol. The Morgan fingerprint density at radius 2 is 1.38 bits per heavy atom. The van der Waals surface area contributed by atoms with Crippen LogP contribution in [0.3, 0.4) is 0 Å². The highest BCUT2D eigenvalue weighted by molar-refractivity contribution is 6.70. The Hall–Kier alpha value is 0.137. The summed E-state index contributed by atoms with van der Waals surface area (Å²) < 4.78 is 12.2. The maximum atomic E-state index is 6.08. The van der Waals surface area contributed by atoms with Crippen molar-refractivity contribution in [2.24, 2.45) is 5.92 Å². The monoisotopic (exact) mass is 316 g/mol. The van der Waals surface area contributed by atoms with Crippen LogP contribution < -0.4 is 0 Å². The van der Waals surface area contributed by atoms with E-state index in [4.69, 9.17) is 8.85 Å². The van der Waals surface area contributed by atoms with E-state index < -0.39 is 8.56 Å². The molecule has 128 valence electrons. The molecule has 0 aromatic heterocycles. The summed E-state index contributed by atoms with van der Waals surface area (Å²) in [5.74, 6) is 0.732. The molecule has 0 atom stereocenters. The SMILES string of the molecule is CCCCCCCC(C)(C)[Si](CC(CC)CC)(OC)OC. The predicted molar refractivity (Wildman–Crippen MR) is 96.1 cm³/mol. The Kier molecular flexibility index (Phi) is 10.9. The highest BCUT2D eigenvalue weighted by Crippen LogP contribution is 2.47. The van der Waals surface area contributed by atoms with Crippen molar-refractivity contribution in [1.82, 2.24) is 0 Å². The van der Waals surface area contributed by atoms with Gasteiger partial charge in [-0.2, -0.15) is 0 Å². The van der Waals surface area contributed by atoms with Gasteiger partial charge in [-0.25, -0.2) is 0 Å². The van der Waals surface area contributed by atoms with Crippen LogP contribution in [0.25, 0.3) is 0 Å². The highest BCUT2D eigenvalue weighted by Gasteiger charge is 2.50. The largest absolute Gasteiger partial charge is 0.397 e. The predicted octanol–water partition coefficient (Wildman–Crippen LogP) is 6.30. The summed E-state index contributed by atoms with van der Waals surface area (Å²) in [6, 6.07) is 1.13. The standard InChI is InChI=1S/C18H40O2Si/c1-8-11-12-13-14-15-18(4,5)21(19-6,20-7)16-17(9-2)10-3/h17H,8-16H2,1-7H3. The maximum Gasteiger partial charge on any atom is 0.343 e. The molecule has 0 fully saturated rings. The molecule has 0 aliphatic heterocycles. The van der Waals surface area contributed by atoms with Gasteiger partial charge in [-0.15, -0.1) is 0 Å². The van der Waals surface area contributed by atoms with Gasteiger partial charge in [0.25, 0.3) is 0 Å². The maximum absolute atomic E-state index is 6.08. The molecule has 0 aromatic carbocycles. The van der Waals surface area contributed by atoms with Gasteiger partial charge < -0.3 is 8.85 Å². The molecule has 0 aromatic rings. The number of hydrogen-bond donors (Lipinski definition) is 0. The van der Waals surface area contributed by atoms with E-state index in [0.29, 0.717) is 0 Å². The van der Waals surface area contributed by atoms with Gasteiger partial charge in [0.2, 0.25) is 0 Å². The lowest BCUT2D eigenvalue weighted by molar-refractivity contribution is 0.195. The van der Waals surface area contributed by atoms with E-state index in [9.17, 15) is 0 Å². The third kappa shape index (κ3) is 6.41. The second kappa shape index (κ2) is 10.8. The van der Waals surface area contributed by atoms with E-state index in [2.05, 4.69) is 34.6 Å². The number of rotatable bonds is 13. The van der Waals surface area contributed by atoms with Gasteiger partial charge in [0.1, 0.15) is 0 Å². The average molecular weight is 317 g/mol. The van der Waals surface area contributed by atoms with E-state index >= 15 is 0 Å². The molecule has 0 heterocycles. The average Bonchev–Trinajstić information content (AvgIpc) is 2.48. The van der Waals surface area contributed by atoms with Crippen LogP contribution in [0, 0.1) is 5.92 Å². The van der Waals surface area contributed by atoms with Gasteiger partial charge in [-0.1, -0.05) is 79.6 Å². The fourth-order valence-electron chi connectivity index (χ4n) is 3.40. The quantitative estimate of drug-likeness (QED) is 0.293. The molecule has 0 saturated carbocycles. The topological polar surface area (TPSA) is 18.5 Å². The van der Waals surface area contributed by atoms with Crippen molar-refractivity contribution >= 4 is 8.56 Å². The van der Waals surface area contributed by atoms with E-state index in [0.717, 1.165) is 12.0 Å². The summed E-state index contributed by atoms with van der Waals surface area (Å²) in [4.78, 5) is 0. The summed E-state index contributed by atoms with van der Waals surface area (Å²) >= 11 is 0. The normalized spacial score (nSPS) is 13.1. The first-order valence-corrected chi connectivity index (χ1v) is 11.1. The van der Waals surface area contributed by atoms with Crippen LogP contribution in [0.1, 0.15) is 86.0 Å². The molecule has 0 unspecified atom stereocenters. The van der Waals surface area contributed by atoms with Crippen molar-refractivity contribution in [2.45, 2.75) is 97.1 Å². The lowest BCUT2D eigenvalue weighted by Gasteiger charge is -2.43. The van der Waals surface area contributed by atoms with Crippen molar-refractivity contribution in [2.75, 3.05) is 14.2 Å². The van der Waals surface area contributed by atoms with Crippen LogP contribution in [-0.4, -0.2) is 22.8 Å². The zero-order chi connectivity index (χ0) is 16.4. The van der Waals surface area contributed by atoms with Crippen LogP contribution in [-0.2, 0) is 8.85 Å². The summed E-state index contributed by atoms with van der Waals surface area (Å²) in [6.45, 7) is 11.6. The van der Waals surface area contributed by atoms with Crippen molar-refractivity contribution < 1.29 is 8.85 Å². The van der Waals surface area contributed by atoms with Crippen molar-refractivity contribution in [1.29, 1.82) is 0 Å². The fourth-order valence-corrected chi connectivity index (χ4v) is 7.45. The first kappa shape index (κ1) is 21.1. The summed E-state index contributed by atoms with van der Waals surface area (Å²) in [7, 11) is 1.60. The molecular formula is C18H40O2Si. The third-order valence-corrected chi connectivity index (χ3v) is 10.1. The second-order valence-corrected chi connectivity index (χ2v) is 11.2. The minimum absolute atomic E-state index is 0.186. The van der Waals surface area contributed by atoms with Crippen LogP contribution in [0.4, 0.5) is 0 Å². The molecule has 0 N–H and O–H groups in total. The second-order valence-electron chi connectivity index (χ2n) is 7.10. The summed E-state index contributed by atoms with van der Waals surface area (Å²) in [5, 5.41) is 0.186. The lowest BCUT2D eigenvalue weighted by Crippen LogP contribution is -2.51. The lowest BCUT2D eigenvalue weighted by atomic mass is 10.0. The van der Waals surface area contributed by atoms with Gasteiger partial charge >= 0.3 is 8.56 Å². The van der Waals surface area contributed by atoms with Crippen molar-refractivity contribution in [3.05, 3.63) is 0 Å². The Balaban J connectivity index is 4.71. The van der Waals surface area contributed by atoms with Crippen LogP contribution in [0.5, 0.6) is 0 Å². The first-order valence-electron chi connectivity index (χ1n) is 9.03. The van der Waals surface area contributed by atoms with Gasteiger partial charge in [-0.3, -0.25) is 0 Å². The fraction of sp³-hybridized carbons (Fsp3) is 1.00. The van der Waals surface area contributed by atoms with Gasteiger partial charge in [0, 0.05) is 19.3 Å². The third-order valence-electron chi connectivity index (χ3n) is 5.31. The van der Waals surface area contributed by atoms with Crippen LogP contribution in [0.15, 0.2) is 0 Å². The zero-order valence-corrected chi connectivity index (χ0v) is 16.8. The molecule has 2 nitrogen and oxygen atoms in total.